The lowest BCUT2D eigenvalue weighted by molar-refractivity contribution is -0.129. The number of ether oxygens (including phenoxy) is 1. The van der Waals surface area contributed by atoms with E-state index in [9.17, 15) is 13.2 Å². The normalized spacial score (nSPS) is 18.4. The molecule has 6 nitrogen and oxygen atoms in total. The molecular weight excluding hydrogens is 340 g/mol. The number of nitrogens with one attached hydrogen (secondary N) is 1. The van der Waals surface area contributed by atoms with Crippen LogP contribution in [0.2, 0.25) is 0 Å². The highest BCUT2D eigenvalue weighted by Gasteiger charge is 2.28. The number of sulfonamides is 1. The molecule has 1 amide bonds. The molecule has 1 aliphatic rings. The van der Waals surface area contributed by atoms with Crippen LogP contribution in [0.3, 0.4) is 0 Å². The summed E-state index contributed by atoms with van der Waals surface area (Å²) in [7, 11) is -3.61. The third kappa shape index (κ3) is 4.25. The van der Waals surface area contributed by atoms with Gasteiger partial charge in [0.2, 0.25) is 10.0 Å². The van der Waals surface area contributed by atoms with E-state index in [1.54, 1.807) is 23.1 Å². The molecule has 2 aromatic carbocycles. The molecule has 1 fully saturated rings. The van der Waals surface area contributed by atoms with Gasteiger partial charge in [0.25, 0.3) is 5.91 Å². The standard InChI is InChI=1S/C18H20N2O4S/c1-14-6-5-9-17(10-14)25(22,23)19-11-16-12-20(18(21)13-24-16)15-7-3-2-4-8-15/h2-10,16,19H,11-13H2,1H3. The smallest absolute Gasteiger partial charge is 0.253 e. The largest absolute Gasteiger partial charge is 0.365 e. The Labute approximate surface area is 147 Å². The molecule has 7 heteroatoms. The second-order valence-electron chi connectivity index (χ2n) is 5.94. The van der Waals surface area contributed by atoms with Crippen molar-refractivity contribution in [1.82, 2.24) is 4.72 Å². The summed E-state index contributed by atoms with van der Waals surface area (Å²) in [5, 5.41) is 0. The van der Waals surface area contributed by atoms with Gasteiger partial charge in [-0.1, -0.05) is 30.3 Å². The van der Waals surface area contributed by atoms with Crippen molar-refractivity contribution in [1.29, 1.82) is 0 Å². The number of hydrogen-bond donors (Lipinski definition) is 1. The Balaban J connectivity index is 1.66. The molecule has 25 heavy (non-hydrogen) atoms. The minimum Gasteiger partial charge on any atom is -0.365 e. The van der Waals surface area contributed by atoms with Crippen LogP contribution in [0.1, 0.15) is 5.56 Å². The minimum absolute atomic E-state index is 0.0638. The minimum atomic E-state index is -3.61. The molecule has 0 spiro atoms. The first kappa shape index (κ1) is 17.6. The highest BCUT2D eigenvalue weighted by atomic mass is 32.2. The van der Waals surface area contributed by atoms with Gasteiger partial charge in [-0.2, -0.15) is 0 Å². The van der Waals surface area contributed by atoms with Gasteiger partial charge >= 0.3 is 0 Å². The van der Waals surface area contributed by atoms with Crippen molar-refractivity contribution in [2.24, 2.45) is 0 Å². The van der Waals surface area contributed by atoms with Gasteiger partial charge in [0.1, 0.15) is 6.61 Å². The second-order valence-corrected chi connectivity index (χ2v) is 7.71. The van der Waals surface area contributed by atoms with E-state index < -0.39 is 16.1 Å². The monoisotopic (exact) mass is 360 g/mol. The lowest BCUT2D eigenvalue weighted by Gasteiger charge is -2.32. The molecule has 3 rings (SSSR count). The maximum absolute atomic E-state index is 12.4. The number of aryl methyl sites for hydroxylation is 1. The van der Waals surface area contributed by atoms with Crippen molar-refractivity contribution in [3.63, 3.8) is 0 Å². The predicted molar refractivity (Wildman–Crippen MR) is 94.9 cm³/mol. The number of nitrogens with zero attached hydrogens (tertiary/aromatic N) is 1. The number of amides is 1. The van der Waals surface area contributed by atoms with Crippen LogP contribution in [0, 0.1) is 6.92 Å². The van der Waals surface area contributed by atoms with E-state index in [2.05, 4.69) is 4.72 Å². The van der Waals surface area contributed by atoms with E-state index in [4.69, 9.17) is 4.74 Å². The van der Waals surface area contributed by atoms with Crippen LogP contribution in [0.5, 0.6) is 0 Å². The molecule has 132 valence electrons. The van der Waals surface area contributed by atoms with Gasteiger partial charge in [-0.15, -0.1) is 0 Å². The molecule has 1 unspecified atom stereocenters. The number of anilines is 1. The zero-order valence-corrected chi connectivity index (χ0v) is 14.7. The summed E-state index contributed by atoms with van der Waals surface area (Å²) in [6.07, 6.45) is -0.405. The first-order valence-corrected chi connectivity index (χ1v) is 9.47. The fourth-order valence-corrected chi connectivity index (χ4v) is 3.85. The lowest BCUT2D eigenvalue weighted by atomic mass is 10.2. The Hall–Kier alpha value is -2.22. The van der Waals surface area contributed by atoms with E-state index >= 15 is 0 Å². The Bertz CT molecular complexity index is 852. The summed E-state index contributed by atoms with van der Waals surface area (Å²) >= 11 is 0. The fraction of sp³-hybridized carbons (Fsp3) is 0.278. The number of benzene rings is 2. The van der Waals surface area contributed by atoms with E-state index in [0.717, 1.165) is 11.3 Å². The van der Waals surface area contributed by atoms with Crippen molar-refractivity contribution < 1.29 is 17.9 Å². The van der Waals surface area contributed by atoms with E-state index in [1.165, 1.54) is 0 Å². The van der Waals surface area contributed by atoms with Gasteiger partial charge in [-0.25, -0.2) is 13.1 Å². The maximum atomic E-state index is 12.4. The number of hydrogen-bond acceptors (Lipinski definition) is 4. The van der Waals surface area contributed by atoms with E-state index in [-0.39, 0.29) is 24.0 Å². The maximum Gasteiger partial charge on any atom is 0.253 e. The van der Waals surface area contributed by atoms with Gasteiger partial charge in [0.05, 0.1) is 17.5 Å². The molecule has 0 bridgehead atoms. The Morgan fingerprint density at radius 3 is 2.64 bits per heavy atom. The van der Waals surface area contributed by atoms with Crippen molar-refractivity contribution in [2.75, 3.05) is 24.6 Å². The average molecular weight is 360 g/mol. The third-order valence-corrected chi connectivity index (χ3v) is 5.42. The molecule has 1 saturated heterocycles. The molecule has 1 N–H and O–H groups in total. The Kier molecular flexibility index (Phi) is 5.17. The molecule has 1 heterocycles. The van der Waals surface area contributed by atoms with Crippen molar-refractivity contribution in [2.45, 2.75) is 17.9 Å². The molecule has 0 aliphatic carbocycles. The van der Waals surface area contributed by atoms with Gasteiger partial charge < -0.3 is 9.64 Å². The van der Waals surface area contributed by atoms with Crippen LogP contribution in [0.25, 0.3) is 0 Å². The predicted octanol–water partition coefficient (Wildman–Crippen LogP) is 1.71. The summed E-state index contributed by atoms with van der Waals surface area (Å²) in [4.78, 5) is 13.9. The summed E-state index contributed by atoms with van der Waals surface area (Å²) in [5.74, 6) is -0.135. The van der Waals surface area contributed by atoms with Crippen molar-refractivity contribution >= 4 is 21.6 Å². The molecular formula is C18H20N2O4S. The van der Waals surface area contributed by atoms with Gasteiger partial charge in [-0.3, -0.25) is 4.79 Å². The zero-order valence-electron chi connectivity index (χ0n) is 13.9. The zero-order chi connectivity index (χ0) is 17.9. The van der Waals surface area contributed by atoms with Crippen molar-refractivity contribution in [3.8, 4) is 0 Å². The summed E-state index contributed by atoms with van der Waals surface area (Å²) in [6, 6.07) is 16.0. The SMILES string of the molecule is Cc1cccc(S(=O)(=O)NCC2CN(c3ccccc3)C(=O)CO2)c1. The van der Waals surface area contributed by atoms with Crippen LogP contribution in [-0.2, 0) is 19.6 Å². The topological polar surface area (TPSA) is 75.7 Å². The quantitative estimate of drug-likeness (QED) is 0.881. The van der Waals surface area contributed by atoms with Crippen LogP contribution < -0.4 is 9.62 Å². The summed E-state index contributed by atoms with van der Waals surface area (Å²) in [5.41, 5.74) is 1.65. The Morgan fingerprint density at radius 1 is 1.16 bits per heavy atom. The van der Waals surface area contributed by atoms with Crippen LogP contribution in [0.15, 0.2) is 59.5 Å². The lowest BCUT2D eigenvalue weighted by Crippen LogP contribution is -2.50. The molecule has 1 atom stereocenters. The summed E-state index contributed by atoms with van der Waals surface area (Å²) < 4.78 is 32.8. The third-order valence-electron chi connectivity index (χ3n) is 4.00. The number of carbonyl (C=O) groups excluding carboxylic acids is 1. The average Bonchev–Trinajstić information content (AvgIpc) is 2.62. The second kappa shape index (κ2) is 7.35. The highest BCUT2D eigenvalue weighted by Crippen LogP contribution is 2.18. The molecule has 1 aliphatic heterocycles. The first-order valence-electron chi connectivity index (χ1n) is 7.99. The van der Waals surface area contributed by atoms with E-state index in [0.29, 0.717) is 6.54 Å². The Morgan fingerprint density at radius 2 is 1.92 bits per heavy atom. The van der Waals surface area contributed by atoms with Crippen LogP contribution in [-0.4, -0.2) is 40.1 Å². The molecule has 2 aromatic rings. The molecule has 0 radical (unpaired) electrons. The van der Waals surface area contributed by atoms with Gasteiger partial charge in [-0.05, 0) is 36.8 Å². The summed E-state index contributed by atoms with van der Waals surface area (Å²) in [6.45, 7) is 2.18. The van der Waals surface area contributed by atoms with E-state index in [1.807, 2.05) is 43.3 Å². The number of rotatable bonds is 5. The van der Waals surface area contributed by atoms with Crippen LogP contribution in [0.4, 0.5) is 5.69 Å². The van der Waals surface area contributed by atoms with Crippen LogP contribution >= 0.6 is 0 Å². The highest BCUT2D eigenvalue weighted by molar-refractivity contribution is 7.89. The number of carbonyl (C=O) groups is 1. The fourth-order valence-electron chi connectivity index (χ4n) is 2.67. The number of morpholine rings is 1. The number of para-hydroxylation sites is 1. The molecule has 0 saturated carbocycles. The molecule has 0 aromatic heterocycles. The first-order chi connectivity index (χ1) is 12.0. The van der Waals surface area contributed by atoms with Crippen molar-refractivity contribution in [3.05, 3.63) is 60.2 Å². The van der Waals surface area contributed by atoms with Gasteiger partial charge in [0, 0.05) is 12.2 Å². The van der Waals surface area contributed by atoms with Gasteiger partial charge in [0.15, 0.2) is 0 Å².